The average molecular weight is 307 g/mol. The van der Waals surface area contributed by atoms with E-state index in [0.717, 1.165) is 13.1 Å². The zero-order valence-electron chi connectivity index (χ0n) is 11.0. The van der Waals surface area contributed by atoms with E-state index in [1.54, 1.807) is 0 Å². The fourth-order valence-electron chi connectivity index (χ4n) is 3.23. The molecule has 1 fully saturated rings. The molecule has 2 heterocycles. The smallest absolute Gasteiger partial charge is 0.0521 e. The van der Waals surface area contributed by atoms with E-state index in [1.165, 1.54) is 39.5 Å². The Kier molecular flexibility index (Phi) is 3.20. The number of fused-ring (bicyclic) bond motifs is 1. The number of aryl methyl sites for hydroxylation is 2. The minimum atomic E-state index is 0.630. The second-order valence-corrected chi connectivity index (χ2v) is 6.07. The summed E-state index contributed by atoms with van der Waals surface area (Å²) in [6, 6.07) is 6.55. The van der Waals surface area contributed by atoms with Gasteiger partial charge < -0.3 is 9.88 Å². The van der Waals surface area contributed by atoms with Crippen molar-refractivity contribution in [1.82, 2.24) is 9.88 Å². The number of piperidine rings is 1. The monoisotopic (exact) mass is 306 g/mol. The first-order valence-corrected chi connectivity index (χ1v) is 7.43. The Morgan fingerprint density at radius 2 is 2.22 bits per heavy atom. The predicted molar refractivity (Wildman–Crippen MR) is 80.2 cm³/mol. The molecule has 1 aliphatic heterocycles. The maximum absolute atomic E-state index is 3.82. The molecule has 1 aliphatic rings. The molecule has 1 unspecified atom stereocenters. The van der Waals surface area contributed by atoms with Crippen LogP contribution in [-0.4, -0.2) is 17.7 Å². The first kappa shape index (κ1) is 12.2. The number of nitrogens with zero attached hydrogens (tertiary/aromatic N) is 1. The molecule has 3 heteroatoms. The number of benzene rings is 1. The highest BCUT2D eigenvalue weighted by atomic mass is 79.9. The molecule has 0 saturated carbocycles. The van der Waals surface area contributed by atoms with Crippen LogP contribution in [0.4, 0.5) is 0 Å². The molecule has 1 atom stereocenters. The quantitative estimate of drug-likeness (QED) is 0.850. The molecular formula is C15H19BrN2. The third kappa shape index (κ3) is 1.81. The summed E-state index contributed by atoms with van der Waals surface area (Å²) in [7, 11) is 2.20. The summed E-state index contributed by atoms with van der Waals surface area (Å²) in [6.45, 7) is 4.45. The van der Waals surface area contributed by atoms with Crippen LogP contribution in [0.5, 0.6) is 0 Å². The molecule has 1 aromatic heterocycles. The number of rotatable bonds is 1. The van der Waals surface area contributed by atoms with Gasteiger partial charge in [-0.15, -0.1) is 0 Å². The minimum absolute atomic E-state index is 0.630. The van der Waals surface area contributed by atoms with Gasteiger partial charge in [0, 0.05) is 35.1 Å². The van der Waals surface area contributed by atoms with Gasteiger partial charge in [0.1, 0.15) is 0 Å². The fourth-order valence-corrected chi connectivity index (χ4v) is 4.13. The van der Waals surface area contributed by atoms with Gasteiger partial charge in [-0.2, -0.15) is 0 Å². The highest BCUT2D eigenvalue weighted by Crippen LogP contribution is 2.38. The van der Waals surface area contributed by atoms with Crippen molar-refractivity contribution < 1.29 is 0 Å². The lowest BCUT2D eigenvalue weighted by Crippen LogP contribution is -2.29. The molecule has 18 heavy (non-hydrogen) atoms. The lowest BCUT2D eigenvalue weighted by atomic mass is 9.96. The van der Waals surface area contributed by atoms with Crippen molar-refractivity contribution in [3.63, 3.8) is 0 Å². The lowest BCUT2D eigenvalue weighted by Gasteiger charge is -2.24. The van der Waals surface area contributed by atoms with Gasteiger partial charge in [0.25, 0.3) is 0 Å². The molecule has 2 nitrogen and oxygen atoms in total. The van der Waals surface area contributed by atoms with Crippen molar-refractivity contribution in [2.75, 3.05) is 13.1 Å². The normalized spacial score (nSPS) is 20.5. The van der Waals surface area contributed by atoms with Gasteiger partial charge in [-0.25, -0.2) is 0 Å². The third-order valence-corrected chi connectivity index (χ3v) is 4.91. The highest BCUT2D eigenvalue weighted by Gasteiger charge is 2.23. The Bertz CT molecular complexity index is 580. The van der Waals surface area contributed by atoms with Gasteiger partial charge in [-0.1, -0.05) is 18.2 Å². The first-order chi connectivity index (χ1) is 8.70. The van der Waals surface area contributed by atoms with E-state index < -0.39 is 0 Å². The van der Waals surface area contributed by atoms with Gasteiger partial charge in [-0.05, 0) is 47.8 Å². The summed E-state index contributed by atoms with van der Waals surface area (Å²) < 4.78 is 3.67. The molecule has 0 amide bonds. The molecule has 0 bridgehead atoms. The van der Waals surface area contributed by atoms with Crippen molar-refractivity contribution in [3.05, 3.63) is 33.9 Å². The van der Waals surface area contributed by atoms with Crippen molar-refractivity contribution >= 4 is 26.8 Å². The van der Waals surface area contributed by atoms with Crippen molar-refractivity contribution in [1.29, 1.82) is 0 Å². The van der Waals surface area contributed by atoms with Crippen molar-refractivity contribution in [2.24, 2.45) is 7.05 Å². The summed E-state index contributed by atoms with van der Waals surface area (Å²) in [4.78, 5) is 0. The number of hydrogen-bond acceptors (Lipinski definition) is 1. The average Bonchev–Trinajstić information content (AvgIpc) is 2.64. The lowest BCUT2D eigenvalue weighted by molar-refractivity contribution is 0.447. The van der Waals surface area contributed by atoms with Gasteiger partial charge in [0.2, 0.25) is 0 Å². The van der Waals surface area contributed by atoms with E-state index in [2.05, 4.69) is 58.0 Å². The zero-order chi connectivity index (χ0) is 12.7. The van der Waals surface area contributed by atoms with E-state index in [0.29, 0.717) is 5.92 Å². The van der Waals surface area contributed by atoms with Crippen molar-refractivity contribution in [2.45, 2.75) is 25.7 Å². The molecule has 1 saturated heterocycles. The fraction of sp³-hybridized carbons (Fsp3) is 0.467. The van der Waals surface area contributed by atoms with Crippen LogP contribution in [0.15, 0.2) is 22.7 Å². The van der Waals surface area contributed by atoms with E-state index in [-0.39, 0.29) is 0 Å². The van der Waals surface area contributed by atoms with E-state index in [1.807, 2.05) is 0 Å². The Morgan fingerprint density at radius 3 is 2.89 bits per heavy atom. The van der Waals surface area contributed by atoms with Gasteiger partial charge in [0.15, 0.2) is 0 Å². The second-order valence-electron chi connectivity index (χ2n) is 5.27. The maximum Gasteiger partial charge on any atom is 0.0521 e. The van der Waals surface area contributed by atoms with Crippen LogP contribution in [-0.2, 0) is 7.05 Å². The SMILES string of the molecule is Cc1cccc2c(Br)c(C3CCCNC3)n(C)c12. The van der Waals surface area contributed by atoms with Crippen LogP contribution < -0.4 is 5.32 Å². The molecule has 0 spiro atoms. The number of halogens is 1. The predicted octanol–water partition coefficient (Wildman–Crippen LogP) is 3.72. The Balaban J connectivity index is 2.20. The van der Waals surface area contributed by atoms with Crippen molar-refractivity contribution in [3.8, 4) is 0 Å². The molecule has 96 valence electrons. The van der Waals surface area contributed by atoms with E-state index >= 15 is 0 Å². The Labute approximate surface area is 116 Å². The Morgan fingerprint density at radius 1 is 1.39 bits per heavy atom. The number of aromatic nitrogens is 1. The minimum Gasteiger partial charge on any atom is -0.346 e. The molecule has 1 aromatic carbocycles. The highest BCUT2D eigenvalue weighted by molar-refractivity contribution is 9.10. The molecule has 1 N–H and O–H groups in total. The van der Waals surface area contributed by atoms with Crippen LogP contribution in [0.3, 0.4) is 0 Å². The van der Waals surface area contributed by atoms with Crippen LogP contribution >= 0.6 is 15.9 Å². The topological polar surface area (TPSA) is 17.0 Å². The summed E-state index contributed by atoms with van der Waals surface area (Å²) in [5, 5.41) is 4.86. The second kappa shape index (κ2) is 4.71. The molecular weight excluding hydrogens is 288 g/mol. The largest absolute Gasteiger partial charge is 0.346 e. The van der Waals surface area contributed by atoms with E-state index in [4.69, 9.17) is 0 Å². The molecule has 0 radical (unpaired) electrons. The summed E-state index contributed by atoms with van der Waals surface area (Å²) in [6.07, 6.45) is 2.56. The molecule has 3 rings (SSSR count). The standard InChI is InChI=1S/C15H19BrN2/c1-10-5-3-7-12-13(16)15(18(2)14(10)12)11-6-4-8-17-9-11/h3,5,7,11,17H,4,6,8-9H2,1-2H3. The summed E-state index contributed by atoms with van der Waals surface area (Å²) in [5.74, 6) is 0.630. The molecule has 0 aliphatic carbocycles. The van der Waals surface area contributed by atoms with Crippen LogP contribution in [0, 0.1) is 6.92 Å². The van der Waals surface area contributed by atoms with Gasteiger partial charge in [0.05, 0.1) is 5.52 Å². The summed E-state index contributed by atoms with van der Waals surface area (Å²) in [5.41, 5.74) is 4.17. The number of para-hydroxylation sites is 1. The van der Waals surface area contributed by atoms with Gasteiger partial charge in [-0.3, -0.25) is 0 Å². The third-order valence-electron chi connectivity index (χ3n) is 4.08. The zero-order valence-corrected chi connectivity index (χ0v) is 12.5. The Hall–Kier alpha value is -0.800. The van der Waals surface area contributed by atoms with Crippen LogP contribution in [0.2, 0.25) is 0 Å². The number of hydrogen-bond donors (Lipinski definition) is 1. The molecule has 2 aromatic rings. The van der Waals surface area contributed by atoms with E-state index in [9.17, 15) is 0 Å². The first-order valence-electron chi connectivity index (χ1n) is 6.64. The maximum atomic E-state index is 3.82. The number of nitrogens with one attached hydrogen (secondary N) is 1. The summed E-state index contributed by atoms with van der Waals surface area (Å²) >= 11 is 3.82. The van der Waals surface area contributed by atoms with Crippen LogP contribution in [0.1, 0.15) is 30.0 Å². The van der Waals surface area contributed by atoms with Gasteiger partial charge >= 0.3 is 0 Å². The van der Waals surface area contributed by atoms with Crippen LogP contribution in [0.25, 0.3) is 10.9 Å².